The van der Waals surface area contributed by atoms with E-state index in [0.717, 1.165) is 24.2 Å². The van der Waals surface area contributed by atoms with E-state index in [9.17, 15) is 4.79 Å². The van der Waals surface area contributed by atoms with E-state index in [0.29, 0.717) is 46.5 Å². The van der Waals surface area contributed by atoms with Crippen LogP contribution in [0.25, 0.3) is 0 Å². The topological polar surface area (TPSA) is 26.3 Å². The number of rotatable bonds is 5. The second-order valence-electron chi connectivity index (χ2n) is 15.8. The van der Waals surface area contributed by atoms with Gasteiger partial charge in [-0.2, -0.15) is 0 Å². The molecular formula is C34H56O2. The van der Waals surface area contributed by atoms with Crippen molar-refractivity contribution >= 4 is 5.97 Å². The normalized spacial score (nSPS) is 49.2. The van der Waals surface area contributed by atoms with Crippen molar-refractivity contribution < 1.29 is 9.53 Å². The molecule has 5 aliphatic rings. The molecule has 2 nitrogen and oxygen atoms in total. The average molecular weight is 497 g/mol. The maximum atomic E-state index is 12.5. The Hall–Kier alpha value is -0.790. The van der Waals surface area contributed by atoms with E-state index < -0.39 is 0 Å². The molecule has 0 unspecified atom stereocenters. The van der Waals surface area contributed by atoms with Crippen molar-refractivity contribution in [1.82, 2.24) is 0 Å². The molecule has 0 N–H and O–H groups in total. The molecule has 0 amide bonds. The zero-order valence-corrected chi connectivity index (χ0v) is 24.8. The van der Waals surface area contributed by atoms with Crippen LogP contribution in [-0.4, -0.2) is 12.6 Å². The molecule has 0 saturated heterocycles. The van der Waals surface area contributed by atoms with Crippen LogP contribution in [-0.2, 0) is 9.53 Å². The summed E-state index contributed by atoms with van der Waals surface area (Å²) in [5, 5.41) is 0. The molecule has 0 radical (unpaired) electrons. The summed E-state index contributed by atoms with van der Waals surface area (Å²) in [6.07, 6.45) is 16.3. The molecule has 5 rings (SSSR count). The van der Waals surface area contributed by atoms with Gasteiger partial charge in [0, 0.05) is 11.8 Å². The molecule has 0 aromatic carbocycles. The first-order valence-electron chi connectivity index (χ1n) is 15.7. The van der Waals surface area contributed by atoms with Crippen LogP contribution < -0.4 is 0 Å². The van der Waals surface area contributed by atoms with Crippen molar-refractivity contribution in [1.29, 1.82) is 0 Å². The summed E-state index contributed by atoms with van der Waals surface area (Å²) in [5.41, 5.74) is 3.34. The molecule has 0 heterocycles. The van der Waals surface area contributed by atoms with Gasteiger partial charge < -0.3 is 4.74 Å². The van der Waals surface area contributed by atoms with Crippen molar-refractivity contribution in [2.24, 2.45) is 56.7 Å². The summed E-state index contributed by atoms with van der Waals surface area (Å²) in [6, 6.07) is 0. The lowest BCUT2D eigenvalue weighted by Crippen LogP contribution is -2.65. The molecule has 5 fully saturated rings. The number of hydrogen-bond donors (Lipinski definition) is 0. The molecular weight excluding hydrogens is 440 g/mol. The van der Waals surface area contributed by atoms with Gasteiger partial charge in [-0.3, -0.25) is 4.79 Å². The minimum Gasteiger partial charge on any atom is -0.465 e. The Morgan fingerprint density at radius 3 is 2.31 bits per heavy atom. The molecule has 2 heteroatoms. The number of allylic oxidation sites excluding steroid dienone is 1. The highest BCUT2D eigenvalue weighted by molar-refractivity contribution is 5.69. The second kappa shape index (κ2) is 8.87. The Morgan fingerprint density at radius 1 is 0.861 bits per heavy atom. The van der Waals surface area contributed by atoms with Gasteiger partial charge in [0.2, 0.25) is 0 Å². The van der Waals surface area contributed by atoms with Gasteiger partial charge in [-0.05, 0) is 129 Å². The highest BCUT2D eigenvalue weighted by atomic mass is 16.5. The molecule has 36 heavy (non-hydrogen) atoms. The van der Waals surface area contributed by atoms with E-state index >= 15 is 0 Å². The lowest BCUT2D eigenvalue weighted by molar-refractivity contribution is -0.239. The van der Waals surface area contributed by atoms with Crippen molar-refractivity contribution in [2.75, 3.05) is 6.61 Å². The second-order valence-corrected chi connectivity index (χ2v) is 15.8. The Morgan fingerprint density at radius 2 is 1.61 bits per heavy atom. The third-order valence-electron chi connectivity index (χ3n) is 14.0. The summed E-state index contributed by atoms with van der Waals surface area (Å²) in [5.74, 6) is 3.71. The van der Waals surface area contributed by atoms with Gasteiger partial charge >= 0.3 is 5.97 Å². The Labute approximate surface area is 222 Å². The molecule has 5 saturated carbocycles. The van der Waals surface area contributed by atoms with E-state index in [1.54, 1.807) is 0 Å². The van der Waals surface area contributed by atoms with Crippen LogP contribution >= 0.6 is 0 Å². The third-order valence-corrected chi connectivity index (χ3v) is 14.0. The summed E-state index contributed by atoms with van der Waals surface area (Å²) in [6.45, 7) is 22.9. The summed E-state index contributed by atoms with van der Waals surface area (Å²) in [7, 11) is 0. The summed E-state index contributed by atoms with van der Waals surface area (Å²) >= 11 is 0. The lowest BCUT2D eigenvalue weighted by Gasteiger charge is -2.72. The van der Waals surface area contributed by atoms with E-state index in [1.807, 2.05) is 0 Å². The third kappa shape index (κ3) is 3.65. The van der Waals surface area contributed by atoms with E-state index in [1.165, 1.54) is 76.2 Å². The number of carbonyl (C=O) groups excluding carboxylic acids is 1. The summed E-state index contributed by atoms with van der Waals surface area (Å²) in [4.78, 5) is 12.5. The van der Waals surface area contributed by atoms with E-state index in [4.69, 9.17) is 4.74 Å². The predicted octanol–water partition coefficient (Wildman–Crippen LogP) is 9.38. The van der Waals surface area contributed by atoms with Gasteiger partial charge in [0.15, 0.2) is 0 Å². The lowest BCUT2D eigenvalue weighted by atomic mass is 9.32. The van der Waals surface area contributed by atoms with Crippen molar-refractivity contribution in [3.05, 3.63) is 12.2 Å². The maximum absolute atomic E-state index is 12.5. The number of hydrogen-bond acceptors (Lipinski definition) is 2. The number of carbonyl (C=O) groups is 1. The molecule has 5 aliphatic carbocycles. The minimum absolute atomic E-state index is 0.0135. The molecule has 9 atom stereocenters. The molecule has 0 aromatic heterocycles. The van der Waals surface area contributed by atoms with Gasteiger partial charge in [0.25, 0.3) is 0 Å². The average Bonchev–Trinajstić information content (AvgIpc) is 3.18. The summed E-state index contributed by atoms with van der Waals surface area (Å²) < 4.78 is 6.04. The monoisotopic (exact) mass is 496 g/mol. The fraction of sp³-hybridized carbons (Fsp3) is 0.912. The predicted molar refractivity (Wildman–Crippen MR) is 149 cm³/mol. The van der Waals surface area contributed by atoms with Gasteiger partial charge in [0.05, 0.1) is 6.61 Å². The molecule has 0 aromatic rings. The van der Waals surface area contributed by atoms with Gasteiger partial charge in [-0.15, -0.1) is 0 Å². The standard InChI is InChI=1S/C34H56O2/c1-9-11-28(35)36-22-34-19-14-24(23(2)3)29(34)25-12-13-27-31(6)17-10-16-30(4,5)26(31)15-18-33(27,8)32(25,7)20-21-34/h24-27,29H,2,9-22H2,1,3-8H3/t24-,25+,26-,27+,29+,31-,32+,33+,34+/m0/s1. The Balaban J connectivity index is 1.49. The smallest absolute Gasteiger partial charge is 0.305 e. The first-order chi connectivity index (χ1) is 16.8. The van der Waals surface area contributed by atoms with Crippen LogP contribution in [0.3, 0.4) is 0 Å². The SMILES string of the molecule is C=C(C)[C@@H]1CC[C@]2(COC(=O)CCC)CC[C@]3(C)[C@H](CC[C@@H]4[C@@]5(C)CCCC(C)(C)[C@@H]5CC[C@]43C)[C@@H]12. The van der Waals surface area contributed by atoms with Crippen LogP contribution in [0.15, 0.2) is 12.2 Å². The van der Waals surface area contributed by atoms with Crippen LogP contribution in [0.2, 0.25) is 0 Å². The van der Waals surface area contributed by atoms with E-state index in [-0.39, 0.29) is 11.4 Å². The van der Waals surface area contributed by atoms with Crippen molar-refractivity contribution in [3.8, 4) is 0 Å². The Kier molecular flexibility index (Phi) is 6.61. The zero-order chi connectivity index (χ0) is 26.1. The van der Waals surface area contributed by atoms with Crippen LogP contribution in [0.5, 0.6) is 0 Å². The van der Waals surface area contributed by atoms with Gasteiger partial charge in [-0.1, -0.05) is 60.1 Å². The van der Waals surface area contributed by atoms with Crippen LogP contribution in [0.4, 0.5) is 0 Å². The number of fused-ring (bicyclic) bond motifs is 7. The van der Waals surface area contributed by atoms with Crippen molar-refractivity contribution in [3.63, 3.8) is 0 Å². The van der Waals surface area contributed by atoms with E-state index in [2.05, 4.69) is 55.0 Å². The van der Waals surface area contributed by atoms with Crippen molar-refractivity contribution in [2.45, 2.75) is 132 Å². The molecule has 0 aliphatic heterocycles. The highest BCUT2D eigenvalue weighted by Crippen LogP contribution is 2.77. The first-order valence-corrected chi connectivity index (χ1v) is 15.7. The first kappa shape index (κ1) is 26.8. The maximum Gasteiger partial charge on any atom is 0.305 e. The zero-order valence-electron chi connectivity index (χ0n) is 24.8. The highest BCUT2D eigenvalue weighted by Gasteiger charge is 2.70. The minimum atomic E-state index is 0.0135. The molecule has 0 bridgehead atoms. The Bertz CT molecular complexity index is 888. The fourth-order valence-electron chi connectivity index (χ4n) is 12.1. The van der Waals surface area contributed by atoms with Crippen LogP contribution in [0, 0.1) is 56.7 Å². The quantitative estimate of drug-likeness (QED) is 0.280. The number of ether oxygens (including phenoxy) is 1. The largest absolute Gasteiger partial charge is 0.465 e. The molecule has 0 spiro atoms. The van der Waals surface area contributed by atoms with Gasteiger partial charge in [0.1, 0.15) is 0 Å². The molecule has 204 valence electrons. The van der Waals surface area contributed by atoms with Crippen LogP contribution in [0.1, 0.15) is 132 Å². The number of esters is 1. The fourth-order valence-corrected chi connectivity index (χ4v) is 12.1. The van der Waals surface area contributed by atoms with Gasteiger partial charge in [-0.25, -0.2) is 0 Å².